The highest BCUT2D eigenvalue weighted by Crippen LogP contribution is 2.20. The molecule has 0 aliphatic rings. The number of benzene rings is 1. The van der Waals surface area contributed by atoms with Crippen LogP contribution in [0, 0.1) is 5.82 Å². The van der Waals surface area contributed by atoms with E-state index in [0.717, 1.165) is 29.4 Å². The standard InChI is InChI=1S/C13H13ClFNS/c14-13-6-5-12(17-13)9-16-8-7-10-1-3-11(15)4-2-10/h1-6,16H,7-9H2. The Morgan fingerprint density at radius 2 is 1.88 bits per heavy atom. The van der Waals surface area contributed by atoms with Crippen molar-refractivity contribution >= 4 is 22.9 Å². The van der Waals surface area contributed by atoms with E-state index >= 15 is 0 Å². The summed E-state index contributed by atoms with van der Waals surface area (Å²) >= 11 is 7.43. The molecule has 0 fully saturated rings. The molecule has 0 aliphatic carbocycles. The van der Waals surface area contributed by atoms with Crippen molar-refractivity contribution in [2.75, 3.05) is 6.54 Å². The summed E-state index contributed by atoms with van der Waals surface area (Å²) in [6.07, 6.45) is 0.902. The summed E-state index contributed by atoms with van der Waals surface area (Å²) in [6.45, 7) is 1.71. The van der Waals surface area contributed by atoms with E-state index in [1.165, 1.54) is 17.0 Å². The number of halogens is 2. The Morgan fingerprint density at radius 1 is 1.12 bits per heavy atom. The van der Waals surface area contributed by atoms with Gasteiger partial charge in [0.2, 0.25) is 0 Å². The molecule has 0 radical (unpaired) electrons. The first-order chi connectivity index (χ1) is 8.24. The van der Waals surface area contributed by atoms with Crippen LogP contribution in [0.2, 0.25) is 4.34 Å². The van der Waals surface area contributed by atoms with Gasteiger partial charge in [-0.15, -0.1) is 11.3 Å². The van der Waals surface area contributed by atoms with Gasteiger partial charge in [-0.3, -0.25) is 0 Å². The van der Waals surface area contributed by atoms with Crippen molar-refractivity contribution in [3.05, 3.63) is 57.0 Å². The second kappa shape index (κ2) is 6.15. The fraction of sp³-hybridized carbons (Fsp3) is 0.231. The molecule has 0 saturated carbocycles. The number of hydrogen-bond donors (Lipinski definition) is 1. The Hall–Kier alpha value is -0.900. The van der Waals surface area contributed by atoms with Crippen LogP contribution >= 0.6 is 22.9 Å². The molecule has 2 aromatic rings. The van der Waals surface area contributed by atoms with Crippen LogP contribution in [0.1, 0.15) is 10.4 Å². The summed E-state index contributed by atoms with van der Waals surface area (Å²) in [7, 11) is 0. The van der Waals surface area contributed by atoms with Crippen LogP contribution in [0.25, 0.3) is 0 Å². The fourth-order valence-electron chi connectivity index (χ4n) is 1.54. The minimum absolute atomic E-state index is 0.185. The predicted molar refractivity (Wildman–Crippen MR) is 71.1 cm³/mol. The molecule has 0 amide bonds. The van der Waals surface area contributed by atoms with Gasteiger partial charge in [0.05, 0.1) is 4.34 Å². The summed E-state index contributed by atoms with van der Waals surface area (Å²) in [5.74, 6) is -0.185. The van der Waals surface area contributed by atoms with Crippen molar-refractivity contribution < 1.29 is 4.39 Å². The second-order valence-electron chi connectivity index (χ2n) is 3.76. The van der Waals surface area contributed by atoms with E-state index in [0.29, 0.717) is 0 Å². The van der Waals surface area contributed by atoms with Gasteiger partial charge >= 0.3 is 0 Å². The third kappa shape index (κ3) is 4.11. The van der Waals surface area contributed by atoms with Crippen molar-refractivity contribution in [2.45, 2.75) is 13.0 Å². The lowest BCUT2D eigenvalue weighted by molar-refractivity contribution is 0.626. The van der Waals surface area contributed by atoms with Crippen molar-refractivity contribution in [1.82, 2.24) is 5.32 Å². The molecule has 1 nitrogen and oxygen atoms in total. The zero-order chi connectivity index (χ0) is 12.1. The van der Waals surface area contributed by atoms with Gasteiger partial charge < -0.3 is 5.32 Å². The van der Waals surface area contributed by atoms with Crippen molar-refractivity contribution in [2.24, 2.45) is 0 Å². The van der Waals surface area contributed by atoms with Gasteiger partial charge in [-0.1, -0.05) is 23.7 Å². The van der Waals surface area contributed by atoms with E-state index in [2.05, 4.69) is 5.32 Å². The number of thiophene rings is 1. The number of hydrogen-bond acceptors (Lipinski definition) is 2. The molecule has 1 heterocycles. The van der Waals surface area contributed by atoms with Gasteiger partial charge in [-0.25, -0.2) is 4.39 Å². The summed E-state index contributed by atoms with van der Waals surface area (Å²) in [5.41, 5.74) is 1.14. The number of rotatable bonds is 5. The van der Waals surface area contributed by atoms with E-state index in [-0.39, 0.29) is 5.82 Å². The third-order valence-electron chi connectivity index (χ3n) is 2.43. The minimum Gasteiger partial charge on any atom is -0.312 e. The van der Waals surface area contributed by atoms with E-state index in [1.807, 2.05) is 24.3 Å². The van der Waals surface area contributed by atoms with Crippen molar-refractivity contribution in [3.63, 3.8) is 0 Å². The Balaban J connectivity index is 1.71. The molecule has 17 heavy (non-hydrogen) atoms. The molecule has 1 aromatic carbocycles. The Kier molecular flexibility index (Phi) is 4.54. The zero-order valence-electron chi connectivity index (χ0n) is 9.25. The zero-order valence-corrected chi connectivity index (χ0v) is 10.8. The van der Waals surface area contributed by atoms with Crippen LogP contribution in [0.3, 0.4) is 0 Å². The average molecular weight is 270 g/mol. The topological polar surface area (TPSA) is 12.0 Å². The molecule has 0 aliphatic heterocycles. The molecule has 4 heteroatoms. The van der Waals surface area contributed by atoms with Crippen molar-refractivity contribution in [1.29, 1.82) is 0 Å². The molecule has 2 rings (SSSR count). The van der Waals surface area contributed by atoms with Crippen LogP contribution in [0.5, 0.6) is 0 Å². The molecular formula is C13H13ClFNS. The largest absolute Gasteiger partial charge is 0.312 e. The predicted octanol–water partition coefficient (Wildman–Crippen LogP) is 3.87. The second-order valence-corrected chi connectivity index (χ2v) is 5.56. The van der Waals surface area contributed by atoms with E-state index in [1.54, 1.807) is 11.3 Å². The van der Waals surface area contributed by atoms with Crippen LogP contribution < -0.4 is 5.32 Å². The molecule has 0 atom stereocenters. The summed E-state index contributed by atoms with van der Waals surface area (Å²) in [6, 6.07) is 10.6. The SMILES string of the molecule is Fc1ccc(CCNCc2ccc(Cl)s2)cc1. The molecule has 0 bridgehead atoms. The van der Waals surface area contributed by atoms with Crippen molar-refractivity contribution in [3.8, 4) is 0 Å². The maximum absolute atomic E-state index is 12.7. The monoisotopic (exact) mass is 269 g/mol. The number of nitrogens with one attached hydrogen (secondary N) is 1. The lowest BCUT2D eigenvalue weighted by Crippen LogP contribution is -2.15. The quantitative estimate of drug-likeness (QED) is 0.813. The first-order valence-electron chi connectivity index (χ1n) is 5.43. The maximum Gasteiger partial charge on any atom is 0.123 e. The first-order valence-corrected chi connectivity index (χ1v) is 6.63. The smallest absolute Gasteiger partial charge is 0.123 e. The summed E-state index contributed by atoms with van der Waals surface area (Å²) in [4.78, 5) is 1.23. The molecule has 0 spiro atoms. The molecule has 90 valence electrons. The molecule has 0 saturated heterocycles. The summed E-state index contributed by atoms with van der Waals surface area (Å²) in [5, 5.41) is 3.34. The van der Waals surface area contributed by atoms with E-state index in [4.69, 9.17) is 11.6 Å². The van der Waals surface area contributed by atoms with Gasteiger partial charge in [0.1, 0.15) is 5.82 Å². The van der Waals surface area contributed by atoms with Gasteiger partial charge in [0.25, 0.3) is 0 Å². The van der Waals surface area contributed by atoms with Gasteiger partial charge in [-0.2, -0.15) is 0 Å². The molecule has 1 N–H and O–H groups in total. The normalized spacial score (nSPS) is 10.7. The lowest BCUT2D eigenvalue weighted by atomic mass is 10.1. The van der Waals surface area contributed by atoms with E-state index in [9.17, 15) is 4.39 Å². The van der Waals surface area contributed by atoms with Crippen LogP contribution in [0.15, 0.2) is 36.4 Å². The molecule has 0 unspecified atom stereocenters. The lowest BCUT2D eigenvalue weighted by Gasteiger charge is -2.03. The average Bonchev–Trinajstić information content (AvgIpc) is 2.73. The van der Waals surface area contributed by atoms with Gasteiger partial charge in [0.15, 0.2) is 0 Å². The third-order valence-corrected chi connectivity index (χ3v) is 3.66. The highest BCUT2D eigenvalue weighted by atomic mass is 35.5. The van der Waals surface area contributed by atoms with Crippen LogP contribution in [-0.2, 0) is 13.0 Å². The van der Waals surface area contributed by atoms with Gasteiger partial charge in [0, 0.05) is 11.4 Å². The Morgan fingerprint density at radius 3 is 2.53 bits per heavy atom. The molecule has 1 aromatic heterocycles. The minimum atomic E-state index is -0.185. The molecular weight excluding hydrogens is 257 g/mol. The van der Waals surface area contributed by atoms with Crippen LogP contribution in [-0.4, -0.2) is 6.54 Å². The summed E-state index contributed by atoms with van der Waals surface area (Å²) < 4.78 is 13.5. The highest BCUT2D eigenvalue weighted by Gasteiger charge is 1.98. The van der Waals surface area contributed by atoms with Crippen LogP contribution in [0.4, 0.5) is 4.39 Å². The Bertz CT molecular complexity index is 467. The maximum atomic E-state index is 12.7. The first kappa shape index (κ1) is 12.6. The Labute approximate surface area is 109 Å². The highest BCUT2D eigenvalue weighted by molar-refractivity contribution is 7.16. The van der Waals surface area contributed by atoms with Gasteiger partial charge in [-0.05, 0) is 42.8 Å². The fourth-order valence-corrected chi connectivity index (χ4v) is 2.60. The van der Waals surface area contributed by atoms with E-state index < -0.39 is 0 Å².